The molecule has 2 aromatic carbocycles. The molecule has 6 heteroatoms. The summed E-state index contributed by atoms with van der Waals surface area (Å²) in [5, 5.41) is 0. The van der Waals surface area contributed by atoms with E-state index < -0.39 is 11.9 Å². The number of esters is 2. The first kappa shape index (κ1) is 18.3. The molecule has 0 aliphatic heterocycles. The maximum Gasteiger partial charge on any atom is 0.321 e. The van der Waals surface area contributed by atoms with Crippen molar-refractivity contribution in [3.8, 4) is 11.1 Å². The molecular formula is C18H16Cl2O4. The number of ether oxygens (including phenoxy) is 2. The molecule has 0 aliphatic carbocycles. The fourth-order valence-electron chi connectivity index (χ4n) is 2.21. The van der Waals surface area contributed by atoms with Crippen LogP contribution in [0.1, 0.15) is 11.1 Å². The van der Waals surface area contributed by atoms with Crippen LogP contribution in [0, 0.1) is 0 Å². The summed E-state index contributed by atoms with van der Waals surface area (Å²) in [6.07, 6.45) is 0. The highest BCUT2D eigenvalue weighted by Crippen LogP contribution is 2.28. The average Bonchev–Trinajstić information content (AvgIpc) is 2.64. The number of alkyl halides is 2. The molecule has 4 nitrogen and oxygen atoms in total. The number of halogens is 2. The minimum Gasteiger partial charge on any atom is -0.460 e. The van der Waals surface area contributed by atoms with E-state index in [9.17, 15) is 9.59 Å². The molecule has 0 atom stereocenters. The summed E-state index contributed by atoms with van der Waals surface area (Å²) in [7, 11) is 0. The molecule has 0 aliphatic rings. The van der Waals surface area contributed by atoms with Crippen LogP contribution < -0.4 is 0 Å². The third kappa shape index (κ3) is 4.98. The lowest BCUT2D eigenvalue weighted by atomic mass is 9.96. The first-order valence-corrected chi connectivity index (χ1v) is 8.32. The van der Waals surface area contributed by atoms with Crippen molar-refractivity contribution in [3.05, 3.63) is 59.7 Å². The highest BCUT2D eigenvalue weighted by molar-refractivity contribution is 6.26. The molecule has 0 spiro atoms. The smallest absolute Gasteiger partial charge is 0.321 e. The van der Waals surface area contributed by atoms with Gasteiger partial charge in [0.2, 0.25) is 0 Å². The largest absolute Gasteiger partial charge is 0.460 e. The predicted molar refractivity (Wildman–Crippen MR) is 92.9 cm³/mol. The van der Waals surface area contributed by atoms with Crippen LogP contribution in [0.3, 0.4) is 0 Å². The highest BCUT2D eigenvalue weighted by Gasteiger charge is 2.12. The third-order valence-corrected chi connectivity index (χ3v) is 3.76. The topological polar surface area (TPSA) is 52.6 Å². The molecule has 126 valence electrons. The van der Waals surface area contributed by atoms with Crippen molar-refractivity contribution in [2.24, 2.45) is 0 Å². The number of rotatable bonds is 7. The second-order valence-corrected chi connectivity index (χ2v) is 5.44. The monoisotopic (exact) mass is 366 g/mol. The average molecular weight is 367 g/mol. The lowest BCUT2D eigenvalue weighted by Crippen LogP contribution is -2.08. The molecular weight excluding hydrogens is 351 g/mol. The molecule has 0 bridgehead atoms. The van der Waals surface area contributed by atoms with Gasteiger partial charge in [0.15, 0.2) is 0 Å². The fraction of sp³-hybridized carbons (Fsp3) is 0.222. The molecule has 0 unspecified atom stereocenters. The van der Waals surface area contributed by atoms with Crippen LogP contribution in [0.4, 0.5) is 0 Å². The summed E-state index contributed by atoms with van der Waals surface area (Å²) >= 11 is 10.9. The number of hydrogen-bond donors (Lipinski definition) is 0. The van der Waals surface area contributed by atoms with Gasteiger partial charge in [0.1, 0.15) is 25.0 Å². The Labute approximate surface area is 150 Å². The Bertz CT molecular complexity index is 654. The molecule has 0 saturated heterocycles. The van der Waals surface area contributed by atoms with E-state index in [0.29, 0.717) is 0 Å². The Morgan fingerprint density at radius 3 is 1.46 bits per heavy atom. The molecule has 0 radical (unpaired) electrons. The normalized spacial score (nSPS) is 10.2. The van der Waals surface area contributed by atoms with Gasteiger partial charge in [-0.15, -0.1) is 23.2 Å². The van der Waals surface area contributed by atoms with Gasteiger partial charge in [0.05, 0.1) is 0 Å². The fourth-order valence-corrected chi connectivity index (χ4v) is 2.37. The summed E-state index contributed by atoms with van der Waals surface area (Å²) in [4.78, 5) is 22.6. The Kier molecular flexibility index (Phi) is 7.09. The van der Waals surface area contributed by atoms with E-state index >= 15 is 0 Å². The summed E-state index contributed by atoms with van der Waals surface area (Å²) in [5.74, 6) is -1.33. The van der Waals surface area contributed by atoms with Gasteiger partial charge in [-0.05, 0) is 22.3 Å². The minimum absolute atomic E-state index is 0.123. The lowest BCUT2D eigenvalue weighted by Gasteiger charge is -2.14. The van der Waals surface area contributed by atoms with Crippen molar-refractivity contribution in [2.75, 3.05) is 11.8 Å². The molecule has 0 fully saturated rings. The number of benzene rings is 2. The Hall–Kier alpha value is -2.04. The van der Waals surface area contributed by atoms with E-state index in [2.05, 4.69) is 0 Å². The molecule has 0 amide bonds. The minimum atomic E-state index is -0.476. The maximum absolute atomic E-state index is 11.3. The predicted octanol–water partition coefficient (Wildman–Crippen LogP) is 3.92. The van der Waals surface area contributed by atoms with Gasteiger partial charge in [-0.25, -0.2) is 0 Å². The number of carbonyl (C=O) groups excluding carboxylic acids is 2. The Morgan fingerprint density at radius 1 is 0.708 bits per heavy atom. The second kappa shape index (κ2) is 9.30. The highest BCUT2D eigenvalue weighted by atomic mass is 35.5. The quantitative estimate of drug-likeness (QED) is 0.550. The van der Waals surface area contributed by atoms with Crippen LogP contribution in [0.15, 0.2) is 48.5 Å². The van der Waals surface area contributed by atoms with E-state index in [1.54, 1.807) is 0 Å². The molecule has 0 saturated carbocycles. The SMILES string of the molecule is O=C(CCl)OCc1ccccc1-c1ccccc1COC(=O)CCl. The van der Waals surface area contributed by atoms with E-state index in [1.165, 1.54) is 0 Å². The molecule has 0 aromatic heterocycles. The standard InChI is InChI=1S/C18H16Cl2O4/c19-9-17(21)23-11-13-5-1-3-7-15(13)16-8-4-2-6-14(16)12-24-18(22)10-20/h1-8H,9-12H2. The second-order valence-electron chi connectivity index (χ2n) is 4.90. The zero-order valence-corrected chi connectivity index (χ0v) is 14.3. The third-order valence-electron chi connectivity index (χ3n) is 3.32. The summed E-state index contributed by atoms with van der Waals surface area (Å²) in [6.45, 7) is 0.245. The van der Waals surface area contributed by atoms with Gasteiger partial charge in [-0.3, -0.25) is 9.59 Å². The van der Waals surface area contributed by atoms with Crippen LogP contribution in [-0.4, -0.2) is 23.7 Å². The molecule has 24 heavy (non-hydrogen) atoms. The van der Waals surface area contributed by atoms with Gasteiger partial charge in [-0.1, -0.05) is 48.5 Å². The van der Waals surface area contributed by atoms with Crippen LogP contribution in [0.5, 0.6) is 0 Å². The zero-order valence-electron chi connectivity index (χ0n) is 12.8. The van der Waals surface area contributed by atoms with Gasteiger partial charge >= 0.3 is 11.9 Å². The van der Waals surface area contributed by atoms with Crippen molar-refractivity contribution >= 4 is 35.1 Å². The summed E-state index contributed by atoms with van der Waals surface area (Å²) in [6, 6.07) is 15.1. The molecule has 2 rings (SSSR count). The Morgan fingerprint density at radius 2 is 1.08 bits per heavy atom. The van der Waals surface area contributed by atoms with Gasteiger partial charge in [0.25, 0.3) is 0 Å². The lowest BCUT2D eigenvalue weighted by molar-refractivity contribution is -0.142. The van der Waals surface area contributed by atoms with Gasteiger partial charge in [-0.2, -0.15) is 0 Å². The van der Waals surface area contributed by atoms with Crippen molar-refractivity contribution < 1.29 is 19.1 Å². The first-order chi connectivity index (χ1) is 11.7. The van der Waals surface area contributed by atoms with E-state index in [-0.39, 0.29) is 25.0 Å². The van der Waals surface area contributed by atoms with Crippen LogP contribution in [-0.2, 0) is 32.3 Å². The van der Waals surface area contributed by atoms with Crippen LogP contribution >= 0.6 is 23.2 Å². The number of carbonyl (C=O) groups is 2. The summed E-state index contributed by atoms with van der Waals surface area (Å²) < 4.78 is 10.2. The van der Waals surface area contributed by atoms with Crippen LogP contribution in [0.2, 0.25) is 0 Å². The van der Waals surface area contributed by atoms with Gasteiger partial charge in [0, 0.05) is 0 Å². The van der Waals surface area contributed by atoms with Crippen molar-refractivity contribution in [1.82, 2.24) is 0 Å². The first-order valence-electron chi connectivity index (χ1n) is 7.25. The van der Waals surface area contributed by atoms with Gasteiger partial charge < -0.3 is 9.47 Å². The van der Waals surface area contributed by atoms with E-state index in [0.717, 1.165) is 22.3 Å². The molecule has 0 N–H and O–H groups in total. The summed E-state index contributed by atoms with van der Waals surface area (Å²) in [5.41, 5.74) is 3.48. The maximum atomic E-state index is 11.3. The van der Waals surface area contributed by atoms with Crippen molar-refractivity contribution in [3.63, 3.8) is 0 Å². The molecule has 2 aromatic rings. The van der Waals surface area contributed by atoms with Crippen molar-refractivity contribution in [2.45, 2.75) is 13.2 Å². The zero-order chi connectivity index (χ0) is 17.4. The molecule has 0 heterocycles. The van der Waals surface area contributed by atoms with E-state index in [1.807, 2.05) is 48.5 Å². The Balaban J connectivity index is 2.28. The number of hydrogen-bond acceptors (Lipinski definition) is 4. The van der Waals surface area contributed by atoms with Crippen LogP contribution in [0.25, 0.3) is 11.1 Å². The van der Waals surface area contributed by atoms with Crippen molar-refractivity contribution in [1.29, 1.82) is 0 Å². The van der Waals surface area contributed by atoms with E-state index in [4.69, 9.17) is 32.7 Å².